The molecule has 0 aromatic heterocycles. The smallest absolute Gasteiger partial charge is 0.372 e. The molecule has 92 valence electrons. The Hall–Kier alpha value is -1.81. The molecule has 0 aliphatic rings. The van der Waals surface area contributed by atoms with Crippen LogP contribution in [-0.2, 0) is 11.3 Å². The highest BCUT2D eigenvalue weighted by Gasteiger charge is 2.06. The molecule has 18 heavy (non-hydrogen) atoms. The van der Waals surface area contributed by atoms with E-state index in [1.54, 1.807) is 12.1 Å². The number of carbonyl (C=O) groups is 1. The Morgan fingerprint density at radius 2 is 1.72 bits per heavy atom. The topological polar surface area (TPSA) is 26.3 Å². The average molecular weight is 262 g/mol. The van der Waals surface area contributed by atoms with Crippen LogP contribution in [0.25, 0.3) is 0 Å². The van der Waals surface area contributed by atoms with Crippen molar-refractivity contribution in [2.75, 3.05) is 0 Å². The van der Waals surface area contributed by atoms with Crippen molar-refractivity contribution in [2.45, 2.75) is 11.5 Å². The second-order valence-electron chi connectivity index (χ2n) is 3.58. The molecule has 2 aromatic carbocycles. The first kappa shape index (κ1) is 12.6. The van der Waals surface area contributed by atoms with Crippen molar-refractivity contribution in [3.05, 3.63) is 66.0 Å². The summed E-state index contributed by atoms with van der Waals surface area (Å²) in [4.78, 5) is 12.2. The van der Waals surface area contributed by atoms with E-state index in [9.17, 15) is 9.18 Å². The highest BCUT2D eigenvalue weighted by Crippen LogP contribution is 2.20. The molecule has 0 atom stereocenters. The van der Waals surface area contributed by atoms with E-state index in [-0.39, 0.29) is 12.4 Å². The van der Waals surface area contributed by atoms with Crippen molar-refractivity contribution in [3.8, 4) is 0 Å². The quantitative estimate of drug-likeness (QED) is 0.611. The van der Waals surface area contributed by atoms with Crippen LogP contribution in [0.15, 0.2) is 59.5 Å². The van der Waals surface area contributed by atoms with Gasteiger partial charge in [0.05, 0.1) is 0 Å². The Morgan fingerprint density at radius 3 is 2.39 bits per heavy atom. The first-order valence-electron chi connectivity index (χ1n) is 5.38. The van der Waals surface area contributed by atoms with Crippen molar-refractivity contribution < 1.29 is 13.9 Å². The standard InChI is InChI=1S/C14H11FO2S/c15-12-6-8-13(9-7-12)18-14(16)17-10-11-4-2-1-3-5-11/h1-9H,10H2. The van der Waals surface area contributed by atoms with E-state index >= 15 is 0 Å². The third-order valence-corrected chi connectivity index (χ3v) is 3.01. The molecule has 0 saturated heterocycles. The largest absolute Gasteiger partial charge is 0.452 e. The lowest BCUT2D eigenvalue weighted by Crippen LogP contribution is -1.97. The third kappa shape index (κ3) is 3.89. The molecule has 0 heterocycles. The van der Waals surface area contributed by atoms with E-state index in [4.69, 9.17) is 4.74 Å². The summed E-state index contributed by atoms with van der Waals surface area (Å²) in [5, 5.41) is -0.398. The van der Waals surface area contributed by atoms with Gasteiger partial charge in [-0.3, -0.25) is 0 Å². The van der Waals surface area contributed by atoms with E-state index in [1.807, 2.05) is 30.3 Å². The summed E-state index contributed by atoms with van der Waals surface area (Å²) < 4.78 is 17.8. The van der Waals surface area contributed by atoms with Gasteiger partial charge in [-0.25, -0.2) is 9.18 Å². The van der Waals surface area contributed by atoms with Gasteiger partial charge in [0.15, 0.2) is 0 Å². The molecule has 0 radical (unpaired) electrons. The van der Waals surface area contributed by atoms with Gasteiger partial charge in [0.2, 0.25) is 0 Å². The monoisotopic (exact) mass is 262 g/mol. The van der Waals surface area contributed by atoms with E-state index in [0.29, 0.717) is 4.90 Å². The molecule has 0 aliphatic carbocycles. The number of ether oxygens (including phenoxy) is 1. The van der Waals surface area contributed by atoms with Gasteiger partial charge in [-0.1, -0.05) is 30.3 Å². The summed E-state index contributed by atoms with van der Waals surface area (Å²) >= 11 is 0.944. The average Bonchev–Trinajstić information content (AvgIpc) is 2.40. The molecule has 0 unspecified atom stereocenters. The van der Waals surface area contributed by atoms with Gasteiger partial charge in [-0.15, -0.1) is 0 Å². The van der Waals surface area contributed by atoms with Crippen molar-refractivity contribution in [1.29, 1.82) is 0 Å². The van der Waals surface area contributed by atoms with Crippen molar-refractivity contribution in [1.82, 2.24) is 0 Å². The van der Waals surface area contributed by atoms with Crippen LogP contribution in [0.4, 0.5) is 9.18 Å². The maximum absolute atomic E-state index is 12.7. The number of halogens is 1. The zero-order chi connectivity index (χ0) is 12.8. The minimum atomic E-state index is -0.398. The first-order valence-corrected chi connectivity index (χ1v) is 6.20. The summed E-state index contributed by atoms with van der Waals surface area (Å²) in [5.41, 5.74) is 0.936. The molecule has 0 spiro atoms. The fourth-order valence-corrected chi connectivity index (χ4v) is 1.93. The summed E-state index contributed by atoms with van der Waals surface area (Å²) in [6, 6.07) is 15.2. The fraction of sp³-hybridized carbons (Fsp3) is 0.0714. The Morgan fingerprint density at radius 1 is 1.06 bits per heavy atom. The number of carbonyl (C=O) groups excluding carboxylic acids is 1. The van der Waals surface area contributed by atoms with Gasteiger partial charge in [0.1, 0.15) is 12.4 Å². The molecule has 0 amide bonds. The Bertz CT molecular complexity index is 511. The highest BCUT2D eigenvalue weighted by molar-refractivity contribution is 8.13. The number of thioether (sulfide) groups is 1. The maximum atomic E-state index is 12.7. The van der Waals surface area contributed by atoms with E-state index in [0.717, 1.165) is 17.3 Å². The predicted octanol–water partition coefficient (Wildman–Crippen LogP) is 4.25. The third-order valence-electron chi connectivity index (χ3n) is 2.21. The molecule has 0 saturated carbocycles. The molecule has 0 bridgehead atoms. The van der Waals surface area contributed by atoms with Crippen molar-refractivity contribution in [2.24, 2.45) is 0 Å². The zero-order valence-corrected chi connectivity index (χ0v) is 10.3. The second-order valence-corrected chi connectivity index (χ2v) is 4.59. The molecule has 0 fully saturated rings. The van der Waals surface area contributed by atoms with Gasteiger partial charge in [0, 0.05) is 4.90 Å². The maximum Gasteiger partial charge on any atom is 0.372 e. The number of hydrogen-bond acceptors (Lipinski definition) is 3. The Kier molecular flexibility index (Phi) is 4.36. The predicted molar refractivity (Wildman–Crippen MR) is 68.9 cm³/mol. The van der Waals surface area contributed by atoms with Crippen molar-refractivity contribution >= 4 is 17.1 Å². The molecule has 2 nitrogen and oxygen atoms in total. The molecular weight excluding hydrogens is 251 g/mol. The minimum absolute atomic E-state index is 0.244. The van der Waals surface area contributed by atoms with E-state index in [2.05, 4.69) is 0 Å². The number of hydrogen-bond donors (Lipinski definition) is 0. The van der Waals surface area contributed by atoms with Crippen LogP contribution in [0.3, 0.4) is 0 Å². The Balaban J connectivity index is 1.84. The summed E-state index contributed by atoms with van der Waals surface area (Å²) in [7, 11) is 0. The summed E-state index contributed by atoms with van der Waals surface area (Å²) in [6.45, 7) is 0.244. The molecular formula is C14H11FO2S. The minimum Gasteiger partial charge on any atom is -0.452 e. The Labute approximate surface area is 109 Å². The van der Waals surface area contributed by atoms with Gasteiger partial charge < -0.3 is 4.74 Å². The molecule has 2 aromatic rings. The zero-order valence-electron chi connectivity index (χ0n) is 9.51. The summed E-state index contributed by atoms with van der Waals surface area (Å²) in [5.74, 6) is -0.322. The van der Waals surface area contributed by atoms with Crippen LogP contribution < -0.4 is 0 Å². The lowest BCUT2D eigenvalue weighted by atomic mass is 10.2. The molecule has 4 heteroatoms. The van der Waals surface area contributed by atoms with Crippen LogP contribution in [-0.4, -0.2) is 5.30 Å². The lowest BCUT2D eigenvalue weighted by molar-refractivity contribution is 0.168. The van der Waals surface area contributed by atoms with E-state index in [1.165, 1.54) is 12.1 Å². The van der Waals surface area contributed by atoms with Gasteiger partial charge in [-0.2, -0.15) is 0 Å². The van der Waals surface area contributed by atoms with Gasteiger partial charge in [-0.05, 0) is 41.6 Å². The molecule has 2 rings (SSSR count). The van der Waals surface area contributed by atoms with Crippen LogP contribution in [0, 0.1) is 5.82 Å². The van der Waals surface area contributed by atoms with Gasteiger partial charge >= 0.3 is 5.30 Å². The fourth-order valence-electron chi connectivity index (χ4n) is 1.34. The molecule has 0 aliphatic heterocycles. The lowest BCUT2D eigenvalue weighted by Gasteiger charge is -2.04. The van der Waals surface area contributed by atoms with Crippen LogP contribution >= 0.6 is 11.8 Å². The van der Waals surface area contributed by atoms with Crippen molar-refractivity contribution in [3.63, 3.8) is 0 Å². The molecule has 0 N–H and O–H groups in total. The number of benzene rings is 2. The van der Waals surface area contributed by atoms with Gasteiger partial charge in [0.25, 0.3) is 0 Å². The highest BCUT2D eigenvalue weighted by atomic mass is 32.2. The SMILES string of the molecule is O=C(OCc1ccccc1)Sc1ccc(F)cc1. The van der Waals surface area contributed by atoms with Crippen LogP contribution in [0.5, 0.6) is 0 Å². The van der Waals surface area contributed by atoms with Crippen LogP contribution in [0.1, 0.15) is 5.56 Å². The first-order chi connectivity index (χ1) is 8.74. The van der Waals surface area contributed by atoms with Crippen LogP contribution in [0.2, 0.25) is 0 Å². The van der Waals surface area contributed by atoms with E-state index < -0.39 is 5.30 Å². The second kappa shape index (κ2) is 6.21. The normalized spacial score (nSPS) is 10.1. The summed E-state index contributed by atoms with van der Waals surface area (Å²) in [6.07, 6.45) is 0. The number of rotatable bonds is 3.